The van der Waals surface area contributed by atoms with Gasteiger partial charge in [0.2, 0.25) is 0 Å². The number of hydrogen-bond acceptors (Lipinski definition) is 8. The van der Waals surface area contributed by atoms with Crippen molar-refractivity contribution in [1.82, 2.24) is 9.55 Å². The molecule has 0 saturated carbocycles. The molecule has 1 aromatic heterocycles. The standard InChI is InChI=1S/C30H30FN3O6/c1-37-22-12-8-20(9-13-22)30(19-6-4-3-5-7-19,21-10-14-23(38-2)15-11-21)39-18-24-27(35)26(31)28(40-24)34-17-16-25(32)33-29(34)36/h3-17,24,26-28,35H,18H2,1-2H3,(H2,32,33,36)/t24-,26+,27-,28-/m1/s1. The molecule has 10 heteroatoms. The summed E-state index contributed by atoms with van der Waals surface area (Å²) in [5.74, 6) is 1.34. The molecule has 0 aliphatic carbocycles. The SMILES string of the molecule is COc1ccc(C(OC[C@H]2O[C@@H](n3ccc(N)nc3=O)[C@@H](F)[C@@H]2O)(c2ccccc2)c2ccc(OC)cc2)cc1. The van der Waals surface area contributed by atoms with E-state index < -0.39 is 35.9 Å². The van der Waals surface area contributed by atoms with Gasteiger partial charge in [-0.05, 0) is 47.0 Å². The van der Waals surface area contributed by atoms with E-state index in [2.05, 4.69) is 4.98 Å². The van der Waals surface area contributed by atoms with Crippen LogP contribution >= 0.6 is 0 Å². The van der Waals surface area contributed by atoms with E-state index in [-0.39, 0.29) is 12.4 Å². The summed E-state index contributed by atoms with van der Waals surface area (Å²) in [6, 6.07) is 25.8. The van der Waals surface area contributed by atoms with Crippen LogP contribution in [0.25, 0.3) is 0 Å². The van der Waals surface area contributed by atoms with E-state index >= 15 is 4.39 Å². The maximum Gasteiger partial charge on any atom is 0.351 e. The van der Waals surface area contributed by atoms with Gasteiger partial charge in [0.1, 0.15) is 35.1 Å². The molecule has 2 heterocycles. The minimum atomic E-state index is -1.90. The van der Waals surface area contributed by atoms with Gasteiger partial charge in [-0.3, -0.25) is 4.57 Å². The van der Waals surface area contributed by atoms with Gasteiger partial charge in [0.05, 0.1) is 20.8 Å². The molecule has 1 aliphatic heterocycles. The molecule has 0 radical (unpaired) electrons. The Morgan fingerprint density at radius 1 is 0.925 bits per heavy atom. The van der Waals surface area contributed by atoms with Crippen LogP contribution < -0.4 is 20.9 Å². The highest BCUT2D eigenvalue weighted by molar-refractivity contribution is 5.49. The Hall–Kier alpha value is -4.25. The van der Waals surface area contributed by atoms with Gasteiger partial charge in [-0.2, -0.15) is 4.98 Å². The highest BCUT2D eigenvalue weighted by Crippen LogP contribution is 2.43. The van der Waals surface area contributed by atoms with Crippen LogP contribution in [0.4, 0.5) is 10.2 Å². The number of hydrogen-bond donors (Lipinski definition) is 2. The van der Waals surface area contributed by atoms with Crippen LogP contribution in [0.5, 0.6) is 11.5 Å². The van der Waals surface area contributed by atoms with Crippen LogP contribution in [0.15, 0.2) is 95.9 Å². The number of nitrogen functional groups attached to an aromatic ring is 1. The van der Waals surface area contributed by atoms with Crippen molar-refractivity contribution in [1.29, 1.82) is 0 Å². The molecule has 0 bridgehead atoms. The van der Waals surface area contributed by atoms with E-state index in [9.17, 15) is 9.90 Å². The lowest BCUT2D eigenvalue weighted by atomic mass is 9.80. The Labute approximate surface area is 230 Å². The summed E-state index contributed by atoms with van der Waals surface area (Å²) in [5.41, 5.74) is 5.93. The molecular weight excluding hydrogens is 517 g/mol. The second-order valence-corrected chi connectivity index (χ2v) is 9.36. The maximum atomic E-state index is 15.3. The van der Waals surface area contributed by atoms with Crippen molar-refractivity contribution in [3.63, 3.8) is 0 Å². The van der Waals surface area contributed by atoms with Crippen molar-refractivity contribution in [3.8, 4) is 11.5 Å². The first-order chi connectivity index (χ1) is 19.4. The smallest absolute Gasteiger partial charge is 0.351 e. The first-order valence-corrected chi connectivity index (χ1v) is 12.7. The third kappa shape index (κ3) is 5.04. The molecule has 5 rings (SSSR count). The summed E-state index contributed by atoms with van der Waals surface area (Å²) >= 11 is 0. The Morgan fingerprint density at radius 3 is 2.00 bits per heavy atom. The van der Waals surface area contributed by atoms with Gasteiger partial charge in [-0.15, -0.1) is 0 Å². The summed E-state index contributed by atoms with van der Waals surface area (Å²) in [7, 11) is 3.17. The number of anilines is 1. The zero-order valence-corrected chi connectivity index (χ0v) is 22.0. The second kappa shape index (κ2) is 11.5. The van der Waals surface area contributed by atoms with Crippen molar-refractivity contribution in [2.45, 2.75) is 30.2 Å². The predicted molar refractivity (Wildman–Crippen MR) is 146 cm³/mol. The number of methoxy groups -OCH3 is 2. The summed E-state index contributed by atoms with van der Waals surface area (Å²) < 4.78 is 39.6. The lowest BCUT2D eigenvalue weighted by Crippen LogP contribution is -2.39. The van der Waals surface area contributed by atoms with E-state index in [1.54, 1.807) is 14.2 Å². The number of halogens is 1. The maximum absolute atomic E-state index is 15.3. The van der Waals surface area contributed by atoms with Crippen molar-refractivity contribution >= 4 is 5.82 Å². The van der Waals surface area contributed by atoms with Crippen molar-refractivity contribution < 1.29 is 28.4 Å². The van der Waals surface area contributed by atoms with Gasteiger partial charge < -0.3 is 29.8 Å². The fourth-order valence-corrected chi connectivity index (χ4v) is 4.97. The highest BCUT2D eigenvalue weighted by Gasteiger charge is 2.47. The van der Waals surface area contributed by atoms with Crippen LogP contribution in [0.2, 0.25) is 0 Å². The minimum absolute atomic E-state index is 0.00159. The van der Waals surface area contributed by atoms with Crippen LogP contribution in [0.1, 0.15) is 22.9 Å². The van der Waals surface area contributed by atoms with Crippen molar-refractivity contribution in [2.75, 3.05) is 26.6 Å². The molecule has 40 heavy (non-hydrogen) atoms. The van der Waals surface area contributed by atoms with E-state index in [0.29, 0.717) is 11.5 Å². The molecule has 4 atom stereocenters. The Balaban J connectivity index is 1.55. The predicted octanol–water partition coefficient (Wildman–Crippen LogP) is 3.45. The molecular formula is C30H30FN3O6. The third-order valence-electron chi connectivity index (χ3n) is 7.06. The number of ether oxygens (including phenoxy) is 4. The van der Waals surface area contributed by atoms with Gasteiger partial charge in [0.15, 0.2) is 12.4 Å². The van der Waals surface area contributed by atoms with Crippen LogP contribution in [0, 0.1) is 0 Å². The molecule has 3 N–H and O–H groups in total. The van der Waals surface area contributed by atoms with Gasteiger partial charge in [-0.25, -0.2) is 9.18 Å². The lowest BCUT2D eigenvalue weighted by molar-refractivity contribution is -0.0950. The van der Waals surface area contributed by atoms with E-state index in [0.717, 1.165) is 21.3 Å². The first-order valence-electron chi connectivity index (χ1n) is 12.7. The summed E-state index contributed by atoms with van der Waals surface area (Å²) in [6.07, 6.45) is -4.65. The lowest BCUT2D eigenvalue weighted by Gasteiger charge is -2.37. The molecule has 1 aliphatic rings. The molecule has 1 saturated heterocycles. The average molecular weight is 548 g/mol. The zero-order chi connectivity index (χ0) is 28.3. The van der Waals surface area contributed by atoms with Crippen LogP contribution in [-0.2, 0) is 15.1 Å². The molecule has 0 unspecified atom stereocenters. The average Bonchev–Trinajstić information content (AvgIpc) is 3.27. The molecule has 208 valence electrons. The van der Waals surface area contributed by atoms with Crippen LogP contribution in [-0.4, -0.2) is 53.9 Å². The number of aliphatic hydroxyl groups is 1. The summed E-state index contributed by atoms with van der Waals surface area (Å²) in [4.78, 5) is 16.0. The monoisotopic (exact) mass is 547 g/mol. The number of rotatable bonds is 9. The molecule has 4 aromatic rings. The van der Waals surface area contributed by atoms with Crippen molar-refractivity contribution in [3.05, 3.63) is 118 Å². The third-order valence-corrected chi connectivity index (χ3v) is 7.06. The zero-order valence-electron chi connectivity index (χ0n) is 22.0. The second-order valence-electron chi connectivity index (χ2n) is 9.36. The number of nitrogens with two attached hydrogens (primary N) is 1. The Bertz CT molecular complexity index is 1430. The number of aliphatic hydroxyl groups excluding tert-OH is 1. The summed E-state index contributed by atoms with van der Waals surface area (Å²) in [5, 5.41) is 10.8. The molecule has 0 spiro atoms. The van der Waals surface area contributed by atoms with E-state index in [1.807, 2.05) is 78.9 Å². The quantitative estimate of drug-likeness (QED) is 0.306. The van der Waals surface area contributed by atoms with Gasteiger partial charge in [-0.1, -0.05) is 54.6 Å². The van der Waals surface area contributed by atoms with Crippen LogP contribution in [0.3, 0.4) is 0 Å². The normalized spacial score (nSPS) is 20.8. The minimum Gasteiger partial charge on any atom is -0.497 e. The largest absolute Gasteiger partial charge is 0.497 e. The number of benzene rings is 3. The fraction of sp³-hybridized carbons (Fsp3) is 0.267. The topological polar surface area (TPSA) is 118 Å². The van der Waals surface area contributed by atoms with Gasteiger partial charge in [0.25, 0.3) is 0 Å². The van der Waals surface area contributed by atoms with E-state index in [4.69, 9.17) is 24.7 Å². The number of aromatic nitrogens is 2. The first kappa shape index (κ1) is 27.3. The van der Waals surface area contributed by atoms with Gasteiger partial charge in [0, 0.05) is 6.20 Å². The van der Waals surface area contributed by atoms with Crippen molar-refractivity contribution in [2.24, 2.45) is 0 Å². The number of alkyl halides is 1. The number of nitrogens with zero attached hydrogens (tertiary/aromatic N) is 2. The molecule has 0 amide bonds. The van der Waals surface area contributed by atoms with Gasteiger partial charge >= 0.3 is 5.69 Å². The Morgan fingerprint density at radius 2 is 1.48 bits per heavy atom. The summed E-state index contributed by atoms with van der Waals surface area (Å²) in [6.45, 7) is -0.206. The molecule has 3 aromatic carbocycles. The van der Waals surface area contributed by atoms with E-state index in [1.165, 1.54) is 12.3 Å². The molecule has 1 fully saturated rings. The molecule has 9 nitrogen and oxygen atoms in total. The highest BCUT2D eigenvalue weighted by atomic mass is 19.1. The Kier molecular flexibility index (Phi) is 7.83. The fourth-order valence-electron chi connectivity index (χ4n) is 4.97.